The van der Waals surface area contributed by atoms with Crippen LogP contribution >= 0.6 is 0 Å². The van der Waals surface area contributed by atoms with E-state index < -0.39 is 0 Å². The molecule has 0 saturated heterocycles. The van der Waals surface area contributed by atoms with Crippen molar-refractivity contribution in [1.29, 1.82) is 0 Å². The summed E-state index contributed by atoms with van der Waals surface area (Å²) in [6, 6.07) is 1.81. The van der Waals surface area contributed by atoms with Crippen molar-refractivity contribution in [3.8, 4) is 0 Å². The molecular weight excluding hydrogens is 188 g/mol. The van der Waals surface area contributed by atoms with E-state index in [9.17, 15) is 0 Å². The summed E-state index contributed by atoms with van der Waals surface area (Å²) in [7, 11) is 0. The molecule has 3 N–H and O–H groups in total. The van der Waals surface area contributed by atoms with E-state index in [0.717, 1.165) is 25.9 Å². The maximum Gasteiger partial charge on any atom is 0.222 e. The van der Waals surface area contributed by atoms with Gasteiger partial charge in [-0.1, -0.05) is 13.8 Å². The molecule has 0 unspecified atom stereocenters. The Morgan fingerprint density at radius 2 is 2.00 bits per heavy atom. The van der Waals surface area contributed by atoms with Gasteiger partial charge < -0.3 is 11.1 Å². The molecule has 0 radical (unpaired) electrons. The average molecular weight is 208 g/mol. The Morgan fingerprint density at radius 1 is 1.33 bits per heavy atom. The molecule has 1 heterocycles. The molecule has 4 nitrogen and oxygen atoms in total. The fourth-order valence-corrected chi connectivity index (χ4v) is 1.38. The first-order valence-corrected chi connectivity index (χ1v) is 5.35. The van der Waals surface area contributed by atoms with E-state index >= 15 is 0 Å². The highest BCUT2D eigenvalue weighted by Crippen LogP contribution is 2.21. The maximum atomic E-state index is 5.50. The van der Waals surface area contributed by atoms with Crippen molar-refractivity contribution in [3.63, 3.8) is 0 Å². The van der Waals surface area contributed by atoms with Crippen LogP contribution in [-0.2, 0) is 0 Å². The van der Waals surface area contributed by atoms with Gasteiger partial charge in [-0.2, -0.15) is 0 Å². The normalized spacial score (nSPS) is 11.4. The molecule has 84 valence electrons. The number of anilines is 1. The van der Waals surface area contributed by atoms with Gasteiger partial charge in [0.1, 0.15) is 0 Å². The van der Waals surface area contributed by atoms with E-state index in [-0.39, 0.29) is 5.41 Å². The van der Waals surface area contributed by atoms with Crippen LogP contribution in [0.3, 0.4) is 0 Å². The fourth-order valence-electron chi connectivity index (χ4n) is 1.38. The van der Waals surface area contributed by atoms with Gasteiger partial charge in [0.05, 0.1) is 0 Å². The topological polar surface area (TPSA) is 63.8 Å². The van der Waals surface area contributed by atoms with Crippen LogP contribution < -0.4 is 11.1 Å². The third-order valence-corrected chi connectivity index (χ3v) is 2.35. The third-order valence-electron chi connectivity index (χ3n) is 2.35. The highest BCUT2D eigenvalue weighted by atomic mass is 15.1. The zero-order valence-corrected chi connectivity index (χ0v) is 9.53. The first-order valence-electron chi connectivity index (χ1n) is 5.35. The summed E-state index contributed by atoms with van der Waals surface area (Å²) >= 11 is 0. The van der Waals surface area contributed by atoms with E-state index in [4.69, 9.17) is 5.73 Å². The average Bonchev–Trinajstić information content (AvgIpc) is 2.25. The van der Waals surface area contributed by atoms with Crippen LogP contribution in [0.25, 0.3) is 0 Å². The molecule has 0 aliphatic heterocycles. The van der Waals surface area contributed by atoms with Crippen LogP contribution in [-0.4, -0.2) is 23.1 Å². The van der Waals surface area contributed by atoms with Gasteiger partial charge in [-0.3, -0.25) is 0 Å². The van der Waals surface area contributed by atoms with Crippen molar-refractivity contribution in [2.24, 2.45) is 11.1 Å². The molecule has 1 aromatic rings. The van der Waals surface area contributed by atoms with Crippen molar-refractivity contribution in [2.45, 2.75) is 26.7 Å². The second-order valence-corrected chi connectivity index (χ2v) is 4.48. The highest BCUT2D eigenvalue weighted by Gasteiger charge is 2.16. The predicted molar refractivity (Wildman–Crippen MR) is 62.6 cm³/mol. The van der Waals surface area contributed by atoms with Gasteiger partial charge in [-0.15, -0.1) is 0 Å². The third kappa shape index (κ3) is 4.74. The Labute approximate surface area is 91.3 Å². The van der Waals surface area contributed by atoms with E-state index in [0.29, 0.717) is 5.95 Å². The standard InChI is InChI=1S/C11H20N4/c1-11(2,5-3-6-12)9-15-10-13-7-4-8-14-10/h4,7-8H,3,5-6,9,12H2,1-2H3,(H,13,14,15). The molecule has 1 rings (SSSR count). The van der Waals surface area contributed by atoms with Gasteiger partial charge in [0.25, 0.3) is 0 Å². The fraction of sp³-hybridized carbons (Fsp3) is 0.636. The lowest BCUT2D eigenvalue weighted by molar-refractivity contribution is 0.349. The molecule has 0 aromatic carbocycles. The van der Waals surface area contributed by atoms with Gasteiger partial charge in [0, 0.05) is 18.9 Å². The monoisotopic (exact) mass is 208 g/mol. The molecule has 0 saturated carbocycles. The summed E-state index contributed by atoms with van der Waals surface area (Å²) in [5.41, 5.74) is 5.73. The van der Waals surface area contributed by atoms with Crippen molar-refractivity contribution in [1.82, 2.24) is 9.97 Å². The summed E-state index contributed by atoms with van der Waals surface area (Å²) in [6.45, 7) is 6.07. The Balaban J connectivity index is 2.35. The van der Waals surface area contributed by atoms with Crippen molar-refractivity contribution in [2.75, 3.05) is 18.4 Å². The maximum absolute atomic E-state index is 5.50. The van der Waals surface area contributed by atoms with Crippen molar-refractivity contribution in [3.05, 3.63) is 18.5 Å². The lowest BCUT2D eigenvalue weighted by Crippen LogP contribution is -2.24. The van der Waals surface area contributed by atoms with Gasteiger partial charge in [0.2, 0.25) is 5.95 Å². The Hall–Kier alpha value is -1.16. The molecule has 0 bridgehead atoms. The lowest BCUT2D eigenvalue weighted by atomic mass is 9.88. The number of hydrogen-bond acceptors (Lipinski definition) is 4. The lowest BCUT2D eigenvalue weighted by Gasteiger charge is -2.24. The van der Waals surface area contributed by atoms with Gasteiger partial charge in [0.15, 0.2) is 0 Å². The molecule has 4 heteroatoms. The summed E-state index contributed by atoms with van der Waals surface area (Å²) < 4.78 is 0. The number of rotatable bonds is 6. The Morgan fingerprint density at radius 3 is 2.60 bits per heavy atom. The Bertz CT molecular complexity index is 271. The molecule has 0 spiro atoms. The molecule has 0 fully saturated rings. The molecule has 1 aromatic heterocycles. The van der Waals surface area contributed by atoms with Crippen LogP contribution in [0, 0.1) is 5.41 Å². The van der Waals surface area contributed by atoms with Crippen LogP contribution in [0.1, 0.15) is 26.7 Å². The second kappa shape index (κ2) is 5.66. The van der Waals surface area contributed by atoms with E-state index in [1.165, 1.54) is 0 Å². The summed E-state index contributed by atoms with van der Waals surface area (Å²) in [5, 5.41) is 3.23. The minimum absolute atomic E-state index is 0.235. The van der Waals surface area contributed by atoms with E-state index in [2.05, 4.69) is 29.1 Å². The van der Waals surface area contributed by atoms with Crippen LogP contribution in [0.15, 0.2) is 18.5 Å². The Kier molecular flexibility index (Phi) is 4.49. The minimum Gasteiger partial charge on any atom is -0.354 e. The number of nitrogens with zero attached hydrogens (tertiary/aromatic N) is 2. The summed E-state index contributed by atoms with van der Waals surface area (Å²) in [5.74, 6) is 0.693. The predicted octanol–water partition coefficient (Wildman–Crippen LogP) is 1.65. The molecule has 0 aliphatic rings. The number of hydrogen-bond donors (Lipinski definition) is 2. The first-order chi connectivity index (χ1) is 7.14. The SMILES string of the molecule is CC(C)(CCCN)CNc1ncccn1. The van der Waals surface area contributed by atoms with E-state index in [1.54, 1.807) is 12.4 Å². The van der Waals surface area contributed by atoms with Crippen LogP contribution in [0.4, 0.5) is 5.95 Å². The minimum atomic E-state index is 0.235. The summed E-state index contributed by atoms with van der Waals surface area (Å²) in [4.78, 5) is 8.23. The largest absolute Gasteiger partial charge is 0.354 e. The molecule has 0 aliphatic carbocycles. The number of nitrogens with one attached hydrogen (secondary N) is 1. The van der Waals surface area contributed by atoms with Gasteiger partial charge in [-0.05, 0) is 30.9 Å². The second-order valence-electron chi connectivity index (χ2n) is 4.48. The van der Waals surface area contributed by atoms with Gasteiger partial charge in [-0.25, -0.2) is 9.97 Å². The molecule has 0 atom stereocenters. The smallest absolute Gasteiger partial charge is 0.222 e. The summed E-state index contributed by atoms with van der Waals surface area (Å²) in [6.07, 6.45) is 5.65. The zero-order valence-electron chi connectivity index (χ0n) is 9.53. The first kappa shape index (κ1) is 11.9. The molecular formula is C11H20N4. The van der Waals surface area contributed by atoms with E-state index in [1.807, 2.05) is 6.07 Å². The quantitative estimate of drug-likeness (QED) is 0.746. The highest BCUT2D eigenvalue weighted by molar-refractivity contribution is 5.22. The van der Waals surface area contributed by atoms with Crippen LogP contribution in [0.2, 0.25) is 0 Å². The van der Waals surface area contributed by atoms with Crippen LogP contribution in [0.5, 0.6) is 0 Å². The molecule has 15 heavy (non-hydrogen) atoms. The van der Waals surface area contributed by atoms with Crippen molar-refractivity contribution < 1.29 is 0 Å². The number of aromatic nitrogens is 2. The van der Waals surface area contributed by atoms with Gasteiger partial charge >= 0.3 is 0 Å². The van der Waals surface area contributed by atoms with Crippen molar-refractivity contribution >= 4 is 5.95 Å². The number of nitrogens with two attached hydrogens (primary N) is 1. The zero-order chi connectivity index (χ0) is 11.1. The molecule has 0 amide bonds.